The van der Waals surface area contributed by atoms with Gasteiger partial charge in [0.2, 0.25) is 0 Å². The Morgan fingerprint density at radius 2 is 2.09 bits per heavy atom. The predicted molar refractivity (Wildman–Crippen MR) is 137 cm³/mol. The summed E-state index contributed by atoms with van der Waals surface area (Å²) < 4.78 is 5.50. The van der Waals surface area contributed by atoms with E-state index in [1.165, 1.54) is 25.7 Å². The van der Waals surface area contributed by atoms with E-state index in [2.05, 4.69) is 26.6 Å². The Morgan fingerprint density at radius 1 is 1.27 bits per heavy atom. The molecule has 1 saturated heterocycles. The van der Waals surface area contributed by atoms with Crippen molar-refractivity contribution in [2.24, 2.45) is 4.99 Å². The van der Waals surface area contributed by atoms with Gasteiger partial charge in [0.1, 0.15) is 11.3 Å². The number of nitrogens with one attached hydrogen (secondary N) is 3. The Labute approximate surface area is 204 Å². The van der Waals surface area contributed by atoms with Gasteiger partial charge in [0.25, 0.3) is 0 Å². The molecule has 178 valence electrons. The van der Waals surface area contributed by atoms with Gasteiger partial charge >= 0.3 is 0 Å². The number of hydrogen-bond donors (Lipinski definition) is 3. The fourth-order valence-corrected chi connectivity index (χ4v) is 6.38. The van der Waals surface area contributed by atoms with E-state index in [0.717, 1.165) is 77.1 Å². The van der Waals surface area contributed by atoms with Crippen LogP contribution in [0.2, 0.25) is 5.02 Å². The lowest BCUT2D eigenvalue weighted by Gasteiger charge is -2.35. The van der Waals surface area contributed by atoms with Gasteiger partial charge in [-0.1, -0.05) is 24.4 Å². The summed E-state index contributed by atoms with van der Waals surface area (Å²) >= 11 is 8.24. The molecule has 1 aromatic carbocycles. The Bertz CT molecular complexity index is 1000. The molecular weight excluding hydrogens is 458 g/mol. The minimum absolute atomic E-state index is 0.136. The van der Waals surface area contributed by atoms with Crippen molar-refractivity contribution in [2.45, 2.75) is 50.4 Å². The number of morpholine rings is 1. The van der Waals surface area contributed by atoms with Crippen LogP contribution < -0.4 is 10.6 Å². The molecule has 0 amide bonds. The van der Waals surface area contributed by atoms with E-state index < -0.39 is 0 Å². The van der Waals surface area contributed by atoms with E-state index >= 15 is 0 Å². The SMILES string of the molecule is O=CCNC(C[C@@H]1CSC(c2cc3cc(Cl)cc(NC4CCCC4)c3[nH]2)=N1)N1CCOCC1. The number of H-pyrrole nitrogens is 1. The molecule has 7 nitrogen and oxygen atoms in total. The fourth-order valence-electron chi connectivity index (χ4n) is 5.10. The Morgan fingerprint density at radius 3 is 2.88 bits per heavy atom. The van der Waals surface area contributed by atoms with Crippen LogP contribution >= 0.6 is 23.4 Å². The highest BCUT2D eigenvalue weighted by atomic mass is 35.5. The average Bonchev–Trinajstić information content (AvgIpc) is 3.58. The van der Waals surface area contributed by atoms with Crippen LogP contribution in [0.1, 0.15) is 37.8 Å². The molecule has 3 aliphatic rings. The number of aromatic nitrogens is 1. The molecule has 1 aromatic heterocycles. The number of aromatic amines is 1. The number of hydrogen-bond acceptors (Lipinski definition) is 7. The fraction of sp³-hybridized carbons (Fsp3) is 0.583. The molecule has 1 unspecified atom stereocenters. The highest BCUT2D eigenvalue weighted by molar-refractivity contribution is 8.14. The summed E-state index contributed by atoms with van der Waals surface area (Å²) in [5, 5.41) is 10.0. The number of nitrogens with zero attached hydrogens (tertiary/aromatic N) is 2. The molecule has 0 spiro atoms. The number of halogens is 1. The third-order valence-corrected chi connectivity index (χ3v) is 8.14. The summed E-state index contributed by atoms with van der Waals surface area (Å²) in [6, 6.07) is 6.95. The van der Waals surface area contributed by atoms with Crippen molar-refractivity contribution < 1.29 is 9.53 Å². The van der Waals surface area contributed by atoms with Gasteiger partial charge in [-0.15, -0.1) is 11.8 Å². The van der Waals surface area contributed by atoms with Crippen LogP contribution in [0.4, 0.5) is 5.69 Å². The summed E-state index contributed by atoms with van der Waals surface area (Å²) in [7, 11) is 0. The Kier molecular flexibility index (Phi) is 7.57. The molecule has 0 bridgehead atoms. The number of benzene rings is 1. The largest absolute Gasteiger partial charge is 0.381 e. The van der Waals surface area contributed by atoms with Crippen LogP contribution in [-0.4, -0.2) is 78.1 Å². The zero-order valence-electron chi connectivity index (χ0n) is 18.8. The van der Waals surface area contributed by atoms with Gasteiger partial charge in [-0.05, 0) is 37.5 Å². The number of thioether (sulfide) groups is 1. The topological polar surface area (TPSA) is 81.8 Å². The van der Waals surface area contributed by atoms with Crippen molar-refractivity contribution in [3.05, 3.63) is 28.9 Å². The lowest BCUT2D eigenvalue weighted by molar-refractivity contribution is -0.107. The molecular formula is C24H32ClN5O2S. The van der Waals surface area contributed by atoms with Crippen molar-refractivity contribution in [3.63, 3.8) is 0 Å². The van der Waals surface area contributed by atoms with E-state index in [1.54, 1.807) is 11.8 Å². The van der Waals surface area contributed by atoms with Gasteiger partial charge in [0, 0.05) is 35.3 Å². The van der Waals surface area contributed by atoms with Gasteiger partial charge < -0.3 is 19.8 Å². The maximum absolute atomic E-state index is 11.0. The zero-order chi connectivity index (χ0) is 22.6. The third-order valence-electron chi connectivity index (χ3n) is 6.77. The second-order valence-electron chi connectivity index (χ2n) is 9.10. The van der Waals surface area contributed by atoms with Crippen LogP contribution in [-0.2, 0) is 9.53 Å². The number of aliphatic imine (C=N–C) groups is 1. The molecule has 0 radical (unpaired) electrons. The van der Waals surface area contributed by atoms with Gasteiger partial charge in [-0.3, -0.25) is 15.2 Å². The molecule has 2 aliphatic heterocycles. The van der Waals surface area contributed by atoms with Crippen molar-refractivity contribution in [1.29, 1.82) is 0 Å². The second-order valence-corrected chi connectivity index (χ2v) is 10.5. The maximum atomic E-state index is 11.0. The van der Waals surface area contributed by atoms with Crippen LogP contribution in [0.3, 0.4) is 0 Å². The molecule has 3 N–H and O–H groups in total. The molecule has 2 atom stereocenters. The summed E-state index contributed by atoms with van der Waals surface area (Å²) in [6.45, 7) is 3.60. The molecule has 9 heteroatoms. The normalized spacial score (nSPS) is 23.2. The van der Waals surface area contributed by atoms with Crippen molar-refractivity contribution in [1.82, 2.24) is 15.2 Å². The van der Waals surface area contributed by atoms with Crippen molar-refractivity contribution in [2.75, 3.05) is 43.9 Å². The summed E-state index contributed by atoms with van der Waals surface area (Å²) in [4.78, 5) is 22.0. The van der Waals surface area contributed by atoms with Gasteiger partial charge in [-0.2, -0.15) is 0 Å². The summed E-state index contributed by atoms with van der Waals surface area (Å²) in [5.74, 6) is 0.947. The first kappa shape index (κ1) is 23.2. The first-order valence-electron chi connectivity index (χ1n) is 12.0. The number of carbonyl (C=O) groups is 1. The standard InChI is InChI=1S/C24H32ClN5O2S/c25-17-11-16-12-21(29-23(16)20(13-17)27-18-3-1-2-4-18)24-28-19(15-33-24)14-22(26-5-8-31)30-6-9-32-10-7-30/h8,11-13,18-19,22,26-27,29H,1-7,9-10,14-15H2/t19-,22?/m1/s1. The number of rotatable bonds is 9. The Balaban J connectivity index is 1.32. The van der Waals surface area contributed by atoms with Gasteiger partial charge in [0.05, 0.1) is 48.9 Å². The zero-order valence-corrected chi connectivity index (χ0v) is 20.4. The van der Waals surface area contributed by atoms with Gasteiger partial charge in [-0.25, -0.2) is 0 Å². The number of aldehydes is 1. The third kappa shape index (κ3) is 5.57. The number of anilines is 1. The van der Waals surface area contributed by atoms with Crippen molar-refractivity contribution in [3.8, 4) is 0 Å². The van der Waals surface area contributed by atoms with E-state index in [0.29, 0.717) is 12.6 Å². The lowest BCUT2D eigenvalue weighted by atomic mass is 10.1. The number of ether oxygens (including phenoxy) is 1. The monoisotopic (exact) mass is 489 g/mol. The molecule has 2 aromatic rings. The summed E-state index contributed by atoms with van der Waals surface area (Å²) in [5.41, 5.74) is 3.24. The van der Waals surface area contributed by atoms with Crippen molar-refractivity contribution >= 4 is 51.3 Å². The van der Waals surface area contributed by atoms with Crippen LogP contribution in [0.25, 0.3) is 10.9 Å². The molecule has 2 fully saturated rings. The van der Waals surface area contributed by atoms with Crippen LogP contribution in [0.15, 0.2) is 23.2 Å². The smallest absolute Gasteiger partial charge is 0.133 e. The number of fused-ring (bicyclic) bond motifs is 1. The minimum Gasteiger partial charge on any atom is -0.381 e. The van der Waals surface area contributed by atoms with Crippen LogP contribution in [0.5, 0.6) is 0 Å². The molecule has 33 heavy (non-hydrogen) atoms. The van der Waals surface area contributed by atoms with Crippen LogP contribution in [0, 0.1) is 0 Å². The summed E-state index contributed by atoms with van der Waals surface area (Å²) in [6.07, 6.45) is 6.96. The highest BCUT2D eigenvalue weighted by Crippen LogP contribution is 2.34. The number of carbonyl (C=O) groups excluding carboxylic acids is 1. The van der Waals surface area contributed by atoms with E-state index in [1.807, 2.05) is 12.1 Å². The quantitative estimate of drug-likeness (QED) is 0.464. The first-order chi connectivity index (χ1) is 16.2. The van der Waals surface area contributed by atoms with E-state index in [4.69, 9.17) is 21.3 Å². The second kappa shape index (κ2) is 10.8. The average molecular weight is 490 g/mol. The maximum Gasteiger partial charge on any atom is 0.133 e. The molecule has 3 heterocycles. The first-order valence-corrected chi connectivity index (χ1v) is 13.3. The Hall–Kier alpha value is -1.58. The van der Waals surface area contributed by atoms with E-state index in [-0.39, 0.29) is 12.2 Å². The minimum atomic E-state index is 0.136. The lowest BCUT2D eigenvalue weighted by Crippen LogP contribution is -2.52. The molecule has 5 rings (SSSR count). The van der Waals surface area contributed by atoms with E-state index in [9.17, 15) is 4.79 Å². The molecule has 1 aliphatic carbocycles. The predicted octanol–water partition coefficient (Wildman–Crippen LogP) is 3.87. The molecule has 1 saturated carbocycles. The highest BCUT2D eigenvalue weighted by Gasteiger charge is 2.28. The van der Waals surface area contributed by atoms with Gasteiger partial charge in [0.15, 0.2) is 0 Å².